The van der Waals surface area contributed by atoms with E-state index in [1.165, 1.54) is 25.2 Å². The number of hydrogen-bond donors (Lipinski definition) is 3. The molecule has 1 aliphatic heterocycles. The minimum atomic E-state index is -4.55. The first-order valence-corrected chi connectivity index (χ1v) is 19.5. The molecule has 2 atom stereocenters. The Morgan fingerprint density at radius 3 is 2.20 bits per heavy atom. The zero-order valence-electron chi connectivity index (χ0n) is 30.5. The molecule has 16 heteroatoms. The minimum Gasteiger partial charge on any atom is -0.390 e. The van der Waals surface area contributed by atoms with Gasteiger partial charge >= 0.3 is 6.18 Å². The number of rotatable bonds is 16. The number of anilines is 1. The molecule has 3 N–H and O–H groups in total. The minimum absolute atomic E-state index is 0. The van der Waals surface area contributed by atoms with Crippen LogP contribution in [0.2, 0.25) is 0 Å². The highest BCUT2D eigenvalue weighted by atomic mass is 35.5. The van der Waals surface area contributed by atoms with Crippen LogP contribution in [0.25, 0.3) is 0 Å². The van der Waals surface area contributed by atoms with Gasteiger partial charge in [-0.15, -0.1) is 12.4 Å². The number of carbonyl (C=O) groups is 2. The third-order valence-corrected chi connectivity index (χ3v) is 11.4. The molecule has 1 aliphatic carbocycles. The Balaban J connectivity index is 0.00000650. The summed E-state index contributed by atoms with van der Waals surface area (Å²) in [5, 5.41) is 17.5. The van der Waals surface area contributed by atoms with E-state index in [1.807, 2.05) is 13.8 Å². The van der Waals surface area contributed by atoms with E-state index < -0.39 is 57.0 Å². The molecule has 0 unspecified atom stereocenters. The van der Waals surface area contributed by atoms with Crippen molar-refractivity contribution in [1.82, 2.24) is 15.5 Å². The zero-order chi connectivity index (χ0) is 38.9. The lowest BCUT2D eigenvalue weighted by Gasteiger charge is -2.28. The number of halogens is 6. The van der Waals surface area contributed by atoms with Gasteiger partial charge in [0.1, 0.15) is 11.6 Å². The lowest BCUT2D eigenvalue weighted by Crippen LogP contribution is -2.50. The predicted molar refractivity (Wildman–Crippen MR) is 198 cm³/mol. The van der Waals surface area contributed by atoms with Crippen molar-refractivity contribution in [2.24, 2.45) is 0 Å². The smallest absolute Gasteiger partial charge is 0.390 e. The topological polar surface area (TPSA) is 119 Å². The van der Waals surface area contributed by atoms with Crippen LogP contribution in [-0.4, -0.2) is 68.3 Å². The summed E-state index contributed by atoms with van der Waals surface area (Å²) in [7, 11) is -2.53. The molecule has 2 amide bonds. The summed E-state index contributed by atoms with van der Waals surface area (Å²) < 4.78 is 95.0. The molecule has 0 aromatic heterocycles. The van der Waals surface area contributed by atoms with Gasteiger partial charge in [0.25, 0.3) is 11.8 Å². The van der Waals surface area contributed by atoms with Gasteiger partial charge in [-0.3, -0.25) is 13.9 Å². The Kier molecular flexibility index (Phi) is 13.5. The average Bonchev–Trinajstić information content (AvgIpc) is 3.81. The van der Waals surface area contributed by atoms with Crippen molar-refractivity contribution < 1.29 is 45.1 Å². The van der Waals surface area contributed by atoms with E-state index in [2.05, 4.69) is 10.6 Å². The third-order valence-electron chi connectivity index (χ3n) is 10.1. The quantitative estimate of drug-likeness (QED) is 0.139. The van der Waals surface area contributed by atoms with Crippen molar-refractivity contribution in [3.63, 3.8) is 0 Å². The fraction of sp³-hybridized carbons (Fsp3) is 0.474. The number of aliphatic hydroxyl groups excluding tert-OH is 1. The number of fused-ring (bicyclic) bond motifs is 1. The number of benzene rings is 3. The summed E-state index contributed by atoms with van der Waals surface area (Å²) in [5.74, 6) is -2.85. The summed E-state index contributed by atoms with van der Waals surface area (Å²) in [6.45, 7) is 3.89. The van der Waals surface area contributed by atoms with Crippen LogP contribution in [0.1, 0.15) is 95.3 Å². The molecule has 3 aromatic rings. The molecule has 296 valence electrons. The monoisotopic (exact) mass is 800 g/mol. The Morgan fingerprint density at radius 1 is 1.02 bits per heavy atom. The van der Waals surface area contributed by atoms with Crippen LogP contribution in [0.15, 0.2) is 54.6 Å². The van der Waals surface area contributed by atoms with Gasteiger partial charge in [-0.05, 0) is 85.2 Å². The third kappa shape index (κ3) is 9.71. The molecule has 3 aromatic carbocycles. The summed E-state index contributed by atoms with van der Waals surface area (Å²) in [5.41, 5.74) is -0.567. The van der Waals surface area contributed by atoms with Crippen molar-refractivity contribution in [2.75, 3.05) is 24.2 Å². The SMILES string of the molecule is CCCC(CCC)N1Cc2c(C(=O)N[C@@H](Cc3cc(F)cc(F)c3)[C@H](O)CNC3(c4cccc(C(F)(F)F)c4)CC3)cc(N(C)S(C)(=O)=O)cc2C1=O.Cl. The summed E-state index contributed by atoms with van der Waals surface area (Å²) in [6, 6.07) is 9.19. The normalized spacial score (nSPS) is 16.1. The molecule has 0 spiro atoms. The number of nitrogens with one attached hydrogen (secondary N) is 2. The van der Waals surface area contributed by atoms with E-state index in [0.29, 0.717) is 30.0 Å². The number of sulfonamides is 1. The lowest BCUT2D eigenvalue weighted by atomic mass is 9.97. The summed E-state index contributed by atoms with van der Waals surface area (Å²) in [6.07, 6.45) is -1.20. The number of aliphatic hydroxyl groups is 1. The molecule has 0 radical (unpaired) electrons. The Bertz CT molecular complexity index is 1930. The van der Waals surface area contributed by atoms with Crippen LogP contribution in [0, 0.1) is 11.6 Å². The molecule has 54 heavy (non-hydrogen) atoms. The average molecular weight is 801 g/mol. The molecule has 5 rings (SSSR count). The second-order valence-corrected chi connectivity index (χ2v) is 16.1. The largest absolute Gasteiger partial charge is 0.416 e. The summed E-state index contributed by atoms with van der Waals surface area (Å²) >= 11 is 0. The second-order valence-electron chi connectivity index (χ2n) is 14.1. The number of nitrogens with zero attached hydrogens (tertiary/aromatic N) is 2. The molecule has 2 aliphatic rings. The zero-order valence-corrected chi connectivity index (χ0v) is 32.1. The molecule has 1 heterocycles. The number of hydrogen-bond acceptors (Lipinski definition) is 6. The Labute approximate surface area is 318 Å². The maximum atomic E-state index is 14.3. The molecular formula is C38H46ClF5N4O5S. The van der Waals surface area contributed by atoms with E-state index in [0.717, 1.165) is 60.5 Å². The maximum Gasteiger partial charge on any atom is 0.416 e. The first-order chi connectivity index (χ1) is 24.9. The maximum absolute atomic E-state index is 14.3. The molecule has 1 saturated carbocycles. The molecule has 9 nitrogen and oxygen atoms in total. The Hall–Kier alpha value is -3.79. The van der Waals surface area contributed by atoms with Crippen LogP contribution >= 0.6 is 12.4 Å². The standard InChI is InChI=1S/C38H45F5N4O5S.ClH/c1-5-8-28(9-6-2)47-22-32-30(19-29(20-31(32)36(47)50)46(3)53(4,51)52)35(49)45-33(16-23-14-26(39)18-27(40)15-23)34(48)21-44-37(12-13-37)24-10-7-11-25(17-24)38(41,42)43;/h7,10-11,14-15,17-20,28,33-34,44,48H,5-6,8-9,12-13,16,21-22H2,1-4H3,(H,45,49);1H/t33-,34+;/m0./s1. The van der Waals surface area contributed by atoms with Crippen LogP contribution in [0.3, 0.4) is 0 Å². The first kappa shape index (κ1) is 42.9. The fourth-order valence-electron chi connectivity index (χ4n) is 7.05. The molecule has 1 fully saturated rings. The van der Waals surface area contributed by atoms with Gasteiger partial charge in [0.05, 0.1) is 29.7 Å². The highest BCUT2D eigenvalue weighted by Gasteiger charge is 2.46. The van der Waals surface area contributed by atoms with Crippen molar-refractivity contribution in [3.8, 4) is 0 Å². The van der Waals surface area contributed by atoms with Crippen LogP contribution in [-0.2, 0) is 34.7 Å². The van der Waals surface area contributed by atoms with Gasteiger partial charge in [-0.1, -0.05) is 38.8 Å². The van der Waals surface area contributed by atoms with Crippen LogP contribution < -0.4 is 14.9 Å². The predicted octanol–water partition coefficient (Wildman–Crippen LogP) is 6.71. The fourth-order valence-corrected chi connectivity index (χ4v) is 7.54. The van der Waals surface area contributed by atoms with Crippen molar-refractivity contribution in [2.45, 2.75) is 95.2 Å². The molecule has 0 bridgehead atoms. The molecule has 0 saturated heterocycles. The van der Waals surface area contributed by atoms with E-state index in [4.69, 9.17) is 0 Å². The molecular weight excluding hydrogens is 755 g/mol. The number of alkyl halides is 3. The van der Waals surface area contributed by atoms with Gasteiger partial charge in [0, 0.05) is 48.9 Å². The van der Waals surface area contributed by atoms with Crippen LogP contribution in [0.4, 0.5) is 27.6 Å². The van der Waals surface area contributed by atoms with Gasteiger partial charge in [0.2, 0.25) is 10.0 Å². The highest BCUT2D eigenvalue weighted by molar-refractivity contribution is 7.92. The lowest BCUT2D eigenvalue weighted by molar-refractivity contribution is -0.137. The van der Waals surface area contributed by atoms with E-state index in [-0.39, 0.29) is 66.2 Å². The van der Waals surface area contributed by atoms with Crippen molar-refractivity contribution in [3.05, 3.63) is 99.6 Å². The highest BCUT2D eigenvalue weighted by Crippen LogP contribution is 2.46. The Morgan fingerprint density at radius 2 is 1.65 bits per heavy atom. The van der Waals surface area contributed by atoms with E-state index in [1.54, 1.807) is 11.0 Å². The van der Waals surface area contributed by atoms with Gasteiger partial charge < -0.3 is 20.6 Å². The number of amides is 2. The van der Waals surface area contributed by atoms with Gasteiger partial charge in [0.15, 0.2) is 0 Å². The van der Waals surface area contributed by atoms with E-state index >= 15 is 0 Å². The first-order valence-electron chi connectivity index (χ1n) is 17.6. The van der Waals surface area contributed by atoms with Crippen LogP contribution in [0.5, 0.6) is 0 Å². The van der Waals surface area contributed by atoms with E-state index in [9.17, 15) is 45.1 Å². The number of carbonyl (C=O) groups excluding carboxylic acids is 2. The van der Waals surface area contributed by atoms with Crippen molar-refractivity contribution in [1.29, 1.82) is 0 Å². The van der Waals surface area contributed by atoms with Crippen molar-refractivity contribution >= 4 is 39.9 Å². The van der Waals surface area contributed by atoms with Gasteiger partial charge in [-0.25, -0.2) is 17.2 Å². The second kappa shape index (κ2) is 16.9. The summed E-state index contributed by atoms with van der Waals surface area (Å²) in [4.78, 5) is 29.8. The van der Waals surface area contributed by atoms with Gasteiger partial charge in [-0.2, -0.15) is 13.2 Å².